The van der Waals surface area contributed by atoms with Gasteiger partial charge < -0.3 is 14.2 Å². The Morgan fingerprint density at radius 2 is 1.70 bits per heavy atom. The van der Waals surface area contributed by atoms with Crippen LogP contribution in [0.1, 0.15) is 15.9 Å². The molecule has 0 saturated carbocycles. The summed E-state index contributed by atoms with van der Waals surface area (Å²) in [6.45, 7) is -0.223. The second kappa shape index (κ2) is 7.41. The van der Waals surface area contributed by atoms with E-state index in [1.54, 1.807) is 12.1 Å². The van der Waals surface area contributed by atoms with Crippen LogP contribution in [0.4, 0.5) is 8.78 Å². The topological polar surface area (TPSA) is 44.8 Å². The van der Waals surface area contributed by atoms with Crippen LogP contribution in [0.3, 0.4) is 0 Å². The molecule has 0 aliphatic rings. The molecule has 0 atom stereocenters. The Morgan fingerprint density at radius 1 is 1.09 bits per heavy atom. The molecular weight excluding hydrogens is 374 g/mol. The first-order valence-corrected chi connectivity index (χ1v) is 7.28. The number of benzene rings is 2. The number of hydrogen-bond donors (Lipinski definition) is 0. The molecule has 7 heteroatoms. The van der Waals surface area contributed by atoms with E-state index in [-0.39, 0.29) is 6.61 Å². The molecule has 2 rings (SSSR count). The maximum absolute atomic E-state index is 13.6. The number of halogens is 3. The molecule has 0 unspecified atom stereocenters. The highest BCUT2D eigenvalue weighted by Crippen LogP contribution is 2.33. The van der Waals surface area contributed by atoms with Crippen LogP contribution in [-0.2, 0) is 11.3 Å². The Balaban J connectivity index is 2.22. The average Bonchev–Trinajstić information content (AvgIpc) is 2.53. The van der Waals surface area contributed by atoms with E-state index in [1.807, 2.05) is 0 Å². The largest absolute Gasteiger partial charge is 0.496 e. The normalized spacial score (nSPS) is 10.3. The van der Waals surface area contributed by atoms with E-state index in [2.05, 4.69) is 15.9 Å². The molecule has 122 valence electrons. The lowest BCUT2D eigenvalue weighted by Gasteiger charge is -2.13. The van der Waals surface area contributed by atoms with Gasteiger partial charge in [-0.2, -0.15) is 0 Å². The van der Waals surface area contributed by atoms with E-state index in [0.717, 1.165) is 12.1 Å². The second-order valence-electron chi connectivity index (χ2n) is 4.47. The highest BCUT2D eigenvalue weighted by Gasteiger charge is 2.19. The molecule has 0 radical (unpaired) electrons. The minimum atomic E-state index is -1.09. The van der Waals surface area contributed by atoms with E-state index in [0.29, 0.717) is 21.5 Å². The molecule has 0 aliphatic heterocycles. The summed E-state index contributed by atoms with van der Waals surface area (Å²) in [4.78, 5) is 11.9. The van der Waals surface area contributed by atoms with Gasteiger partial charge in [0, 0.05) is 5.56 Å². The third-order valence-electron chi connectivity index (χ3n) is 3.08. The maximum atomic E-state index is 13.6. The molecule has 0 saturated heterocycles. The average molecular weight is 387 g/mol. The SMILES string of the molecule is COc1cc(COC(=O)c2c(F)cccc2F)c(OC)cc1Br. The Kier molecular flexibility index (Phi) is 5.54. The van der Waals surface area contributed by atoms with Crippen molar-refractivity contribution >= 4 is 21.9 Å². The molecule has 0 fully saturated rings. The van der Waals surface area contributed by atoms with Gasteiger partial charge in [0.25, 0.3) is 0 Å². The standard InChI is InChI=1S/C16H13BrF2O4/c1-21-13-7-10(17)14(22-2)6-9(13)8-23-16(20)15-11(18)4-3-5-12(15)19/h3-7H,8H2,1-2H3. The predicted molar refractivity (Wildman–Crippen MR) is 82.7 cm³/mol. The molecule has 0 amide bonds. The fourth-order valence-corrected chi connectivity index (χ4v) is 2.43. The molecular formula is C16H13BrF2O4. The van der Waals surface area contributed by atoms with Gasteiger partial charge in [-0.3, -0.25) is 0 Å². The quantitative estimate of drug-likeness (QED) is 0.725. The van der Waals surface area contributed by atoms with Crippen molar-refractivity contribution in [1.82, 2.24) is 0 Å². The van der Waals surface area contributed by atoms with E-state index >= 15 is 0 Å². The van der Waals surface area contributed by atoms with Gasteiger partial charge in [-0.25, -0.2) is 13.6 Å². The van der Waals surface area contributed by atoms with Crippen molar-refractivity contribution in [2.75, 3.05) is 14.2 Å². The summed E-state index contributed by atoms with van der Waals surface area (Å²) in [6, 6.07) is 6.40. The number of hydrogen-bond acceptors (Lipinski definition) is 4. The zero-order valence-corrected chi connectivity index (χ0v) is 13.9. The van der Waals surface area contributed by atoms with Crippen molar-refractivity contribution < 1.29 is 27.8 Å². The summed E-state index contributed by atoms with van der Waals surface area (Å²) in [6.07, 6.45) is 0. The van der Waals surface area contributed by atoms with Crippen LogP contribution < -0.4 is 9.47 Å². The molecule has 23 heavy (non-hydrogen) atoms. The van der Waals surface area contributed by atoms with Crippen LogP contribution in [0, 0.1) is 11.6 Å². The van der Waals surface area contributed by atoms with E-state index in [9.17, 15) is 13.6 Å². The third kappa shape index (κ3) is 3.79. The molecule has 2 aromatic carbocycles. The number of ether oxygens (including phenoxy) is 3. The van der Waals surface area contributed by atoms with Gasteiger partial charge in [0.1, 0.15) is 35.3 Å². The molecule has 2 aromatic rings. The van der Waals surface area contributed by atoms with Gasteiger partial charge in [-0.1, -0.05) is 6.07 Å². The number of rotatable bonds is 5. The molecule has 0 N–H and O–H groups in total. The van der Waals surface area contributed by atoms with Crippen LogP contribution in [-0.4, -0.2) is 20.2 Å². The van der Waals surface area contributed by atoms with E-state index < -0.39 is 23.2 Å². The Labute approximate surface area is 140 Å². The van der Waals surface area contributed by atoms with Gasteiger partial charge in [0.15, 0.2) is 0 Å². The minimum Gasteiger partial charge on any atom is -0.496 e. The van der Waals surface area contributed by atoms with Crippen molar-refractivity contribution in [3.05, 3.63) is 57.6 Å². The first-order chi connectivity index (χ1) is 11.0. The summed E-state index contributed by atoms with van der Waals surface area (Å²) in [5.41, 5.74) is -0.229. The summed E-state index contributed by atoms with van der Waals surface area (Å²) in [5, 5.41) is 0. The van der Waals surface area contributed by atoms with Crippen LogP contribution in [0.5, 0.6) is 11.5 Å². The van der Waals surface area contributed by atoms with E-state index in [4.69, 9.17) is 14.2 Å². The molecule has 4 nitrogen and oxygen atoms in total. The molecule has 0 heterocycles. The first-order valence-electron chi connectivity index (χ1n) is 6.49. The fraction of sp³-hybridized carbons (Fsp3) is 0.188. The molecule has 0 bridgehead atoms. The van der Waals surface area contributed by atoms with Crippen molar-refractivity contribution in [3.8, 4) is 11.5 Å². The van der Waals surface area contributed by atoms with Gasteiger partial charge in [0.2, 0.25) is 0 Å². The Bertz CT molecular complexity index is 714. The van der Waals surface area contributed by atoms with Crippen molar-refractivity contribution in [2.24, 2.45) is 0 Å². The molecule has 0 aromatic heterocycles. The zero-order valence-electron chi connectivity index (χ0n) is 12.4. The monoisotopic (exact) mass is 386 g/mol. The van der Waals surface area contributed by atoms with E-state index in [1.165, 1.54) is 20.3 Å². The summed E-state index contributed by atoms with van der Waals surface area (Å²) in [5.74, 6) is -2.09. The summed E-state index contributed by atoms with van der Waals surface area (Å²) < 4.78 is 43.1. The number of carbonyl (C=O) groups is 1. The van der Waals surface area contributed by atoms with Crippen molar-refractivity contribution in [3.63, 3.8) is 0 Å². The lowest BCUT2D eigenvalue weighted by atomic mass is 10.2. The van der Waals surface area contributed by atoms with Gasteiger partial charge >= 0.3 is 5.97 Å². The van der Waals surface area contributed by atoms with Crippen molar-refractivity contribution in [1.29, 1.82) is 0 Å². The van der Waals surface area contributed by atoms with Crippen molar-refractivity contribution in [2.45, 2.75) is 6.61 Å². The minimum absolute atomic E-state index is 0.223. The summed E-state index contributed by atoms with van der Waals surface area (Å²) >= 11 is 3.31. The number of esters is 1. The number of carbonyl (C=O) groups excluding carboxylic acids is 1. The smallest absolute Gasteiger partial charge is 0.344 e. The maximum Gasteiger partial charge on any atom is 0.344 e. The van der Waals surface area contributed by atoms with Crippen LogP contribution >= 0.6 is 15.9 Å². The zero-order chi connectivity index (χ0) is 17.0. The molecule has 0 spiro atoms. The Hall–Kier alpha value is -2.15. The molecule has 0 aliphatic carbocycles. The highest BCUT2D eigenvalue weighted by molar-refractivity contribution is 9.10. The van der Waals surface area contributed by atoms with Gasteiger partial charge in [0.05, 0.1) is 18.7 Å². The first kappa shape index (κ1) is 17.2. The second-order valence-corrected chi connectivity index (χ2v) is 5.33. The summed E-state index contributed by atoms with van der Waals surface area (Å²) in [7, 11) is 2.94. The third-order valence-corrected chi connectivity index (χ3v) is 3.70. The Morgan fingerprint density at radius 3 is 2.26 bits per heavy atom. The van der Waals surface area contributed by atoms with Crippen LogP contribution in [0.2, 0.25) is 0 Å². The van der Waals surface area contributed by atoms with Crippen LogP contribution in [0.15, 0.2) is 34.8 Å². The fourth-order valence-electron chi connectivity index (χ4n) is 1.94. The van der Waals surface area contributed by atoms with Gasteiger partial charge in [-0.05, 0) is 40.2 Å². The van der Waals surface area contributed by atoms with Gasteiger partial charge in [-0.15, -0.1) is 0 Å². The lowest BCUT2D eigenvalue weighted by molar-refractivity contribution is 0.0458. The highest BCUT2D eigenvalue weighted by atomic mass is 79.9. The lowest BCUT2D eigenvalue weighted by Crippen LogP contribution is -2.10. The van der Waals surface area contributed by atoms with Crippen LogP contribution in [0.25, 0.3) is 0 Å². The number of methoxy groups -OCH3 is 2. The predicted octanol–water partition coefficient (Wildman–Crippen LogP) is 4.10.